The van der Waals surface area contributed by atoms with Crippen LogP contribution in [0, 0.1) is 0 Å². The maximum atomic E-state index is 13.0. The minimum absolute atomic E-state index is 0.0834. The molecular weight excluding hydrogens is 351 g/mol. The van der Waals surface area contributed by atoms with Gasteiger partial charge in [0.2, 0.25) is 0 Å². The van der Waals surface area contributed by atoms with Crippen molar-refractivity contribution in [2.24, 2.45) is 0 Å². The molecule has 2 N–H and O–H groups in total. The number of aromatic nitrogens is 1. The van der Waals surface area contributed by atoms with Gasteiger partial charge in [-0.3, -0.25) is 0 Å². The van der Waals surface area contributed by atoms with Gasteiger partial charge in [-0.1, -0.05) is 24.6 Å². The highest BCUT2D eigenvalue weighted by molar-refractivity contribution is 5.49. The van der Waals surface area contributed by atoms with Crippen LogP contribution in [0.1, 0.15) is 55.6 Å². The summed E-state index contributed by atoms with van der Waals surface area (Å²) in [6.45, 7) is 0. The van der Waals surface area contributed by atoms with Crippen LogP contribution in [0.5, 0.6) is 0 Å². The molecule has 6 heteroatoms. The van der Waals surface area contributed by atoms with Gasteiger partial charge < -0.3 is 10.6 Å². The molecule has 1 aromatic carbocycles. The molecule has 0 spiro atoms. The summed E-state index contributed by atoms with van der Waals surface area (Å²) in [5.41, 5.74) is 1.10. The van der Waals surface area contributed by atoms with Gasteiger partial charge in [0.25, 0.3) is 0 Å². The molecule has 0 radical (unpaired) electrons. The van der Waals surface area contributed by atoms with E-state index in [2.05, 4.69) is 15.6 Å². The summed E-state index contributed by atoms with van der Waals surface area (Å²) in [6, 6.07) is 10.4. The predicted molar refractivity (Wildman–Crippen MR) is 101 cm³/mol. The molecule has 2 aliphatic rings. The topological polar surface area (TPSA) is 37.0 Å². The van der Waals surface area contributed by atoms with E-state index in [0.717, 1.165) is 42.4 Å². The van der Waals surface area contributed by atoms with Crippen molar-refractivity contribution >= 4 is 11.5 Å². The molecular formula is C21H24F3N3. The second-order valence-electron chi connectivity index (χ2n) is 7.62. The molecule has 2 atom stereocenters. The Hall–Kier alpha value is -2.24. The SMILES string of the molecule is FC(F)(F)c1cccc(C2CCCC2Nc2ccc(NC3CCC3)nc2)c1. The number of nitrogens with one attached hydrogen (secondary N) is 2. The first-order valence-corrected chi connectivity index (χ1v) is 9.65. The average molecular weight is 375 g/mol. The highest BCUT2D eigenvalue weighted by atomic mass is 19.4. The molecule has 1 aromatic heterocycles. The number of hydrogen-bond acceptors (Lipinski definition) is 3. The number of rotatable bonds is 5. The third-order valence-electron chi connectivity index (χ3n) is 5.73. The van der Waals surface area contributed by atoms with Gasteiger partial charge in [-0.05, 0) is 55.9 Å². The molecule has 0 saturated heterocycles. The Bertz CT molecular complexity index is 769. The predicted octanol–water partition coefficient (Wildman–Crippen LogP) is 5.81. The summed E-state index contributed by atoms with van der Waals surface area (Å²) in [6.07, 6.45) is 4.03. The van der Waals surface area contributed by atoms with E-state index in [1.807, 2.05) is 24.4 Å². The maximum Gasteiger partial charge on any atom is 0.416 e. The first kappa shape index (κ1) is 18.1. The first-order valence-electron chi connectivity index (χ1n) is 9.65. The number of pyridine rings is 1. The van der Waals surface area contributed by atoms with Gasteiger partial charge in [0.05, 0.1) is 17.4 Å². The van der Waals surface area contributed by atoms with Crippen molar-refractivity contribution in [2.45, 2.75) is 62.7 Å². The van der Waals surface area contributed by atoms with Gasteiger partial charge in [0.15, 0.2) is 0 Å². The Kier molecular flexibility index (Phi) is 4.98. The standard InChI is InChI=1S/C21H24F3N3/c22-21(23,24)15-5-1-4-14(12-15)18-8-3-9-19(18)26-17-10-11-20(25-13-17)27-16-6-2-7-16/h1,4-5,10-13,16,18-19,26H,2-3,6-9H2,(H,25,27). The Balaban J connectivity index is 1.44. The van der Waals surface area contributed by atoms with Crippen molar-refractivity contribution in [3.05, 3.63) is 53.7 Å². The van der Waals surface area contributed by atoms with E-state index in [-0.39, 0.29) is 12.0 Å². The lowest BCUT2D eigenvalue weighted by atomic mass is 9.92. The zero-order valence-electron chi connectivity index (χ0n) is 15.1. The number of nitrogens with zero attached hydrogens (tertiary/aromatic N) is 1. The molecule has 2 fully saturated rings. The fourth-order valence-electron chi connectivity index (χ4n) is 4.02. The molecule has 0 aliphatic heterocycles. The van der Waals surface area contributed by atoms with Crippen molar-refractivity contribution in [1.82, 2.24) is 4.98 Å². The Morgan fingerprint density at radius 1 is 0.926 bits per heavy atom. The van der Waals surface area contributed by atoms with E-state index in [4.69, 9.17) is 0 Å². The Morgan fingerprint density at radius 2 is 1.74 bits per heavy atom. The van der Waals surface area contributed by atoms with E-state index in [1.54, 1.807) is 0 Å². The summed E-state index contributed by atoms with van der Waals surface area (Å²) < 4.78 is 39.1. The van der Waals surface area contributed by atoms with E-state index in [1.165, 1.54) is 31.4 Å². The second kappa shape index (κ2) is 7.41. The molecule has 27 heavy (non-hydrogen) atoms. The van der Waals surface area contributed by atoms with Crippen LogP contribution in [0.25, 0.3) is 0 Å². The van der Waals surface area contributed by atoms with Gasteiger partial charge in [-0.25, -0.2) is 4.98 Å². The monoisotopic (exact) mass is 375 g/mol. The van der Waals surface area contributed by atoms with E-state index >= 15 is 0 Å². The molecule has 0 bridgehead atoms. The number of halogens is 3. The van der Waals surface area contributed by atoms with Crippen molar-refractivity contribution in [3.63, 3.8) is 0 Å². The van der Waals surface area contributed by atoms with Crippen LogP contribution in [0.4, 0.5) is 24.7 Å². The van der Waals surface area contributed by atoms with Crippen molar-refractivity contribution in [1.29, 1.82) is 0 Å². The third kappa shape index (κ3) is 4.20. The number of benzene rings is 1. The van der Waals surface area contributed by atoms with Gasteiger partial charge in [0, 0.05) is 18.0 Å². The molecule has 4 rings (SSSR count). The summed E-state index contributed by atoms with van der Waals surface area (Å²) in [4.78, 5) is 4.46. The molecule has 3 nitrogen and oxygen atoms in total. The zero-order valence-corrected chi connectivity index (χ0v) is 15.1. The van der Waals surface area contributed by atoms with Gasteiger partial charge in [-0.15, -0.1) is 0 Å². The van der Waals surface area contributed by atoms with Crippen molar-refractivity contribution < 1.29 is 13.2 Å². The van der Waals surface area contributed by atoms with Gasteiger partial charge in [-0.2, -0.15) is 13.2 Å². The molecule has 2 unspecified atom stereocenters. The van der Waals surface area contributed by atoms with Crippen molar-refractivity contribution in [2.75, 3.05) is 10.6 Å². The lowest BCUT2D eigenvalue weighted by Gasteiger charge is -2.27. The van der Waals surface area contributed by atoms with Gasteiger partial charge >= 0.3 is 6.18 Å². The lowest BCUT2D eigenvalue weighted by Crippen LogP contribution is -2.27. The lowest BCUT2D eigenvalue weighted by molar-refractivity contribution is -0.137. The number of alkyl halides is 3. The average Bonchev–Trinajstić information content (AvgIpc) is 3.07. The maximum absolute atomic E-state index is 13.0. The van der Waals surface area contributed by atoms with E-state index in [9.17, 15) is 13.2 Å². The molecule has 2 saturated carbocycles. The van der Waals surface area contributed by atoms with Crippen molar-refractivity contribution in [3.8, 4) is 0 Å². The molecule has 1 heterocycles. The smallest absolute Gasteiger partial charge is 0.380 e. The third-order valence-corrected chi connectivity index (χ3v) is 5.73. The van der Waals surface area contributed by atoms with Crippen LogP contribution in [0.3, 0.4) is 0 Å². The zero-order chi connectivity index (χ0) is 18.9. The second-order valence-corrected chi connectivity index (χ2v) is 7.62. The first-order chi connectivity index (χ1) is 13.0. The fraction of sp³-hybridized carbons (Fsp3) is 0.476. The van der Waals surface area contributed by atoms with Gasteiger partial charge in [0.1, 0.15) is 5.82 Å². The fourth-order valence-corrected chi connectivity index (χ4v) is 4.02. The minimum atomic E-state index is -4.30. The summed E-state index contributed by atoms with van der Waals surface area (Å²) in [7, 11) is 0. The normalized spacial score (nSPS) is 23.1. The summed E-state index contributed by atoms with van der Waals surface area (Å²) in [5, 5.41) is 6.89. The van der Waals surface area contributed by atoms with Crippen LogP contribution in [0.2, 0.25) is 0 Å². The molecule has 144 valence electrons. The van der Waals surface area contributed by atoms with Crippen LogP contribution in [-0.2, 0) is 6.18 Å². The van der Waals surface area contributed by atoms with Crippen LogP contribution in [0.15, 0.2) is 42.6 Å². The largest absolute Gasteiger partial charge is 0.416 e. The molecule has 0 amide bonds. The highest BCUT2D eigenvalue weighted by Gasteiger charge is 2.33. The number of anilines is 2. The quantitative estimate of drug-likeness (QED) is 0.692. The molecule has 2 aliphatic carbocycles. The Labute approximate surface area is 157 Å². The molecule has 2 aromatic rings. The number of hydrogen-bond donors (Lipinski definition) is 2. The van der Waals surface area contributed by atoms with Crippen LogP contribution >= 0.6 is 0 Å². The highest BCUT2D eigenvalue weighted by Crippen LogP contribution is 2.39. The minimum Gasteiger partial charge on any atom is -0.380 e. The van der Waals surface area contributed by atoms with Crippen LogP contribution < -0.4 is 10.6 Å². The van der Waals surface area contributed by atoms with E-state index in [0.29, 0.717) is 6.04 Å². The Morgan fingerprint density at radius 3 is 2.41 bits per heavy atom. The summed E-state index contributed by atoms with van der Waals surface area (Å²) in [5.74, 6) is 0.964. The van der Waals surface area contributed by atoms with Crippen LogP contribution in [-0.4, -0.2) is 17.1 Å². The summed E-state index contributed by atoms with van der Waals surface area (Å²) >= 11 is 0. The van der Waals surface area contributed by atoms with E-state index < -0.39 is 11.7 Å².